The number of methoxy groups -OCH3 is 1. The van der Waals surface area contributed by atoms with Gasteiger partial charge in [0.1, 0.15) is 11.3 Å². The van der Waals surface area contributed by atoms with Gasteiger partial charge in [0, 0.05) is 16.5 Å². The molecule has 3 N–H and O–H groups in total. The molecular weight excluding hydrogens is 206 g/mol. The maximum atomic E-state index is 11.0. The molecule has 0 aliphatic heterocycles. The van der Waals surface area contributed by atoms with Gasteiger partial charge < -0.3 is 15.6 Å². The lowest BCUT2D eigenvalue weighted by Gasteiger charge is -2.10. The summed E-state index contributed by atoms with van der Waals surface area (Å²) in [6.45, 7) is 0. The molecule has 2 rings (SSSR count). The molecule has 0 aliphatic rings. The van der Waals surface area contributed by atoms with Gasteiger partial charge in [0.05, 0.1) is 7.11 Å². The molecule has 0 saturated heterocycles. The van der Waals surface area contributed by atoms with E-state index in [1.54, 1.807) is 6.07 Å². The van der Waals surface area contributed by atoms with Crippen molar-refractivity contribution in [3.8, 4) is 5.75 Å². The van der Waals surface area contributed by atoms with E-state index in [9.17, 15) is 4.79 Å². The second-order valence-corrected chi connectivity index (χ2v) is 3.40. The van der Waals surface area contributed by atoms with Crippen LogP contribution in [0.1, 0.15) is 10.4 Å². The lowest BCUT2D eigenvalue weighted by atomic mass is 10.0. The van der Waals surface area contributed by atoms with E-state index in [-0.39, 0.29) is 5.56 Å². The highest BCUT2D eigenvalue weighted by atomic mass is 16.5. The molecule has 0 amide bonds. The summed E-state index contributed by atoms with van der Waals surface area (Å²) < 4.78 is 5.14. The van der Waals surface area contributed by atoms with Gasteiger partial charge in [-0.05, 0) is 6.07 Å². The summed E-state index contributed by atoms with van der Waals surface area (Å²) in [4.78, 5) is 11.0. The SMILES string of the molecule is COc1c(C(=O)O)cc(N)c2ccccc12. The van der Waals surface area contributed by atoms with E-state index in [0.717, 1.165) is 5.39 Å². The number of rotatable bonds is 2. The molecule has 4 nitrogen and oxygen atoms in total. The van der Waals surface area contributed by atoms with Gasteiger partial charge in [0.25, 0.3) is 0 Å². The average molecular weight is 217 g/mol. The zero-order valence-corrected chi connectivity index (χ0v) is 8.73. The first-order valence-electron chi connectivity index (χ1n) is 4.73. The number of nitrogens with two attached hydrogens (primary N) is 1. The molecule has 0 radical (unpaired) electrons. The van der Waals surface area contributed by atoms with E-state index in [1.807, 2.05) is 18.2 Å². The van der Waals surface area contributed by atoms with Gasteiger partial charge in [-0.3, -0.25) is 0 Å². The molecule has 0 unspecified atom stereocenters. The number of hydrogen-bond acceptors (Lipinski definition) is 3. The van der Waals surface area contributed by atoms with Crippen LogP contribution in [0.2, 0.25) is 0 Å². The standard InChI is InChI=1S/C12H11NO3/c1-16-11-8-5-3-2-4-7(8)10(13)6-9(11)12(14)15/h2-6H,13H2,1H3,(H,14,15). The van der Waals surface area contributed by atoms with Crippen molar-refractivity contribution in [3.63, 3.8) is 0 Å². The van der Waals surface area contributed by atoms with Gasteiger partial charge >= 0.3 is 5.97 Å². The summed E-state index contributed by atoms with van der Waals surface area (Å²) in [5.74, 6) is -0.702. The van der Waals surface area contributed by atoms with Crippen molar-refractivity contribution in [2.45, 2.75) is 0 Å². The number of nitrogen functional groups attached to an aromatic ring is 1. The van der Waals surface area contributed by atoms with E-state index < -0.39 is 5.97 Å². The molecule has 0 atom stereocenters. The number of anilines is 1. The monoisotopic (exact) mass is 217 g/mol. The number of carbonyl (C=O) groups is 1. The Morgan fingerprint density at radius 1 is 1.31 bits per heavy atom. The number of carboxylic acids is 1. The molecule has 4 heteroatoms. The third-order valence-corrected chi connectivity index (χ3v) is 2.46. The third kappa shape index (κ3) is 1.44. The van der Waals surface area contributed by atoms with Crippen LogP contribution < -0.4 is 10.5 Å². The first kappa shape index (κ1) is 10.3. The largest absolute Gasteiger partial charge is 0.495 e. The van der Waals surface area contributed by atoms with Crippen LogP contribution >= 0.6 is 0 Å². The van der Waals surface area contributed by atoms with E-state index >= 15 is 0 Å². The predicted molar refractivity (Wildman–Crippen MR) is 61.9 cm³/mol. The Morgan fingerprint density at radius 2 is 1.94 bits per heavy atom. The first-order valence-corrected chi connectivity index (χ1v) is 4.73. The summed E-state index contributed by atoms with van der Waals surface area (Å²) in [6, 6.07) is 8.70. The summed E-state index contributed by atoms with van der Waals surface area (Å²) >= 11 is 0. The fraction of sp³-hybridized carbons (Fsp3) is 0.0833. The van der Waals surface area contributed by atoms with Crippen molar-refractivity contribution >= 4 is 22.4 Å². The van der Waals surface area contributed by atoms with Crippen LogP contribution in [-0.4, -0.2) is 18.2 Å². The topological polar surface area (TPSA) is 72.5 Å². The van der Waals surface area contributed by atoms with Crippen molar-refractivity contribution in [3.05, 3.63) is 35.9 Å². The molecule has 0 fully saturated rings. The zero-order chi connectivity index (χ0) is 11.7. The Morgan fingerprint density at radius 3 is 2.50 bits per heavy atom. The second kappa shape index (κ2) is 3.73. The normalized spacial score (nSPS) is 10.3. The number of carboxylic acid groups (broad SMARTS) is 1. The highest BCUT2D eigenvalue weighted by Gasteiger charge is 2.15. The van der Waals surface area contributed by atoms with Crippen LogP contribution in [0.15, 0.2) is 30.3 Å². The molecule has 0 saturated carbocycles. The van der Waals surface area contributed by atoms with E-state index in [1.165, 1.54) is 13.2 Å². The summed E-state index contributed by atoms with van der Waals surface area (Å²) in [6.07, 6.45) is 0. The van der Waals surface area contributed by atoms with Crippen LogP contribution in [-0.2, 0) is 0 Å². The molecule has 82 valence electrons. The molecule has 0 aliphatic carbocycles. The highest BCUT2D eigenvalue weighted by Crippen LogP contribution is 2.33. The Kier molecular flexibility index (Phi) is 2.40. The van der Waals surface area contributed by atoms with E-state index in [4.69, 9.17) is 15.6 Å². The third-order valence-electron chi connectivity index (χ3n) is 2.46. The fourth-order valence-electron chi connectivity index (χ4n) is 1.76. The summed E-state index contributed by atoms with van der Waals surface area (Å²) in [7, 11) is 1.45. The minimum atomic E-state index is -1.05. The Hall–Kier alpha value is -2.23. The van der Waals surface area contributed by atoms with E-state index in [2.05, 4.69) is 0 Å². The van der Waals surface area contributed by atoms with Gasteiger partial charge in [-0.15, -0.1) is 0 Å². The minimum absolute atomic E-state index is 0.0821. The van der Waals surface area contributed by atoms with E-state index in [0.29, 0.717) is 16.8 Å². The van der Waals surface area contributed by atoms with Crippen molar-refractivity contribution in [1.82, 2.24) is 0 Å². The van der Waals surface area contributed by atoms with Crippen molar-refractivity contribution in [2.75, 3.05) is 12.8 Å². The molecule has 0 aromatic heterocycles. The maximum Gasteiger partial charge on any atom is 0.339 e. The number of fused-ring (bicyclic) bond motifs is 1. The average Bonchev–Trinajstić information content (AvgIpc) is 2.29. The minimum Gasteiger partial charge on any atom is -0.495 e. The number of hydrogen-bond donors (Lipinski definition) is 2. The van der Waals surface area contributed by atoms with Gasteiger partial charge in [-0.25, -0.2) is 4.79 Å². The van der Waals surface area contributed by atoms with Crippen molar-refractivity contribution in [2.24, 2.45) is 0 Å². The van der Waals surface area contributed by atoms with Crippen LogP contribution in [0.3, 0.4) is 0 Å². The van der Waals surface area contributed by atoms with Gasteiger partial charge in [-0.2, -0.15) is 0 Å². The number of aromatic carboxylic acids is 1. The molecule has 0 bridgehead atoms. The molecule has 2 aromatic carbocycles. The molecule has 2 aromatic rings. The maximum absolute atomic E-state index is 11.0. The van der Waals surface area contributed by atoms with Gasteiger partial charge in [0.15, 0.2) is 0 Å². The van der Waals surface area contributed by atoms with Crippen molar-refractivity contribution < 1.29 is 14.6 Å². The summed E-state index contributed by atoms with van der Waals surface area (Å²) in [5, 5.41) is 10.6. The molecular formula is C12H11NO3. The first-order chi connectivity index (χ1) is 7.65. The highest BCUT2D eigenvalue weighted by molar-refractivity contribution is 6.05. The lowest BCUT2D eigenvalue weighted by Crippen LogP contribution is -2.03. The van der Waals surface area contributed by atoms with Gasteiger partial charge in [0.2, 0.25) is 0 Å². The Balaban J connectivity index is 2.90. The molecule has 0 heterocycles. The molecule has 0 spiro atoms. The zero-order valence-electron chi connectivity index (χ0n) is 8.73. The smallest absolute Gasteiger partial charge is 0.339 e. The Bertz CT molecular complexity index is 563. The van der Waals surface area contributed by atoms with Crippen LogP contribution in [0.5, 0.6) is 5.75 Å². The predicted octanol–water partition coefficient (Wildman–Crippen LogP) is 2.13. The fourth-order valence-corrected chi connectivity index (χ4v) is 1.76. The lowest BCUT2D eigenvalue weighted by molar-refractivity contribution is 0.0693. The van der Waals surface area contributed by atoms with Crippen LogP contribution in [0.25, 0.3) is 10.8 Å². The number of ether oxygens (including phenoxy) is 1. The number of benzene rings is 2. The Labute approximate surface area is 92.3 Å². The second-order valence-electron chi connectivity index (χ2n) is 3.40. The van der Waals surface area contributed by atoms with Crippen molar-refractivity contribution in [1.29, 1.82) is 0 Å². The quantitative estimate of drug-likeness (QED) is 0.756. The van der Waals surface area contributed by atoms with Crippen LogP contribution in [0.4, 0.5) is 5.69 Å². The van der Waals surface area contributed by atoms with Crippen LogP contribution in [0, 0.1) is 0 Å². The molecule has 16 heavy (non-hydrogen) atoms. The summed E-state index contributed by atoms with van der Waals surface area (Å²) in [5.41, 5.74) is 6.32. The van der Waals surface area contributed by atoms with Gasteiger partial charge in [-0.1, -0.05) is 24.3 Å².